The van der Waals surface area contributed by atoms with E-state index in [4.69, 9.17) is 46.4 Å². The Kier molecular flexibility index (Phi) is 4.71. The number of Topliss-reactive ketones (excluding diaryl/α,β-unsaturated/α-hetero) is 2. The van der Waals surface area contributed by atoms with Crippen molar-refractivity contribution in [2.75, 3.05) is 5.88 Å². The highest BCUT2D eigenvalue weighted by molar-refractivity contribution is 6.81. The molecular formula is C5H4Cl4O2. The van der Waals surface area contributed by atoms with E-state index in [1.165, 1.54) is 0 Å². The lowest BCUT2D eigenvalue weighted by atomic mass is 10.2. The van der Waals surface area contributed by atoms with Gasteiger partial charge in [0.05, 0.1) is 0 Å². The second-order valence-electron chi connectivity index (χ2n) is 1.69. The van der Waals surface area contributed by atoms with E-state index < -0.39 is 15.4 Å². The van der Waals surface area contributed by atoms with Crippen molar-refractivity contribution in [3.05, 3.63) is 0 Å². The molecule has 0 atom stereocenters. The van der Waals surface area contributed by atoms with Crippen LogP contribution >= 0.6 is 46.4 Å². The van der Waals surface area contributed by atoms with Crippen LogP contribution in [0.3, 0.4) is 0 Å². The maximum absolute atomic E-state index is 10.8. The third-order valence-corrected chi connectivity index (χ3v) is 1.54. The van der Waals surface area contributed by atoms with Gasteiger partial charge in [0.15, 0.2) is 0 Å². The predicted molar refractivity (Wildman–Crippen MR) is 45.6 cm³/mol. The second-order valence-corrected chi connectivity index (χ2v) is 4.35. The fourth-order valence-electron chi connectivity index (χ4n) is 0.357. The highest BCUT2D eigenvalue weighted by Crippen LogP contribution is 2.27. The van der Waals surface area contributed by atoms with E-state index in [0.29, 0.717) is 0 Å². The van der Waals surface area contributed by atoms with E-state index >= 15 is 0 Å². The van der Waals surface area contributed by atoms with Gasteiger partial charge in [-0.3, -0.25) is 9.59 Å². The molecular weight excluding hydrogens is 234 g/mol. The molecule has 0 saturated heterocycles. The Balaban J connectivity index is 4.15. The molecule has 11 heavy (non-hydrogen) atoms. The number of carbonyl (C=O) groups excluding carboxylic acids is 2. The van der Waals surface area contributed by atoms with Gasteiger partial charge in [0.1, 0.15) is 0 Å². The van der Waals surface area contributed by atoms with Gasteiger partial charge in [-0.1, -0.05) is 34.8 Å². The van der Waals surface area contributed by atoms with E-state index in [1.807, 2.05) is 0 Å². The molecule has 0 aromatic rings. The highest BCUT2D eigenvalue weighted by atomic mass is 35.6. The largest absolute Gasteiger partial charge is 0.291 e. The zero-order valence-corrected chi connectivity index (χ0v) is 8.27. The van der Waals surface area contributed by atoms with E-state index in [9.17, 15) is 9.59 Å². The number of halogens is 4. The fraction of sp³-hybridized carbons (Fsp3) is 0.600. The maximum Gasteiger partial charge on any atom is 0.256 e. The van der Waals surface area contributed by atoms with Gasteiger partial charge in [-0.05, 0) is 0 Å². The van der Waals surface area contributed by atoms with E-state index in [0.717, 1.165) is 0 Å². The summed E-state index contributed by atoms with van der Waals surface area (Å²) in [5, 5.41) is 0. The SMILES string of the molecule is O=C(CCCl)C(=O)C(Cl)(Cl)Cl. The Morgan fingerprint density at radius 1 is 1.18 bits per heavy atom. The van der Waals surface area contributed by atoms with E-state index in [2.05, 4.69) is 0 Å². The average Bonchev–Trinajstić information content (AvgIpc) is 1.85. The average molecular weight is 238 g/mol. The Bertz CT molecular complexity index is 172. The summed E-state index contributed by atoms with van der Waals surface area (Å²) in [5.74, 6) is -1.76. The summed E-state index contributed by atoms with van der Waals surface area (Å²) in [5.41, 5.74) is 0. The van der Waals surface area contributed by atoms with Crippen LogP contribution in [0.1, 0.15) is 6.42 Å². The Morgan fingerprint density at radius 2 is 1.64 bits per heavy atom. The normalized spacial score (nSPS) is 11.3. The second kappa shape index (κ2) is 4.51. The summed E-state index contributed by atoms with van der Waals surface area (Å²) < 4.78 is -2.15. The Morgan fingerprint density at radius 3 is 1.91 bits per heavy atom. The number of alkyl halides is 4. The van der Waals surface area contributed by atoms with Crippen LogP contribution in [0.15, 0.2) is 0 Å². The molecule has 6 heteroatoms. The Hall–Kier alpha value is 0.500. The number of rotatable bonds is 3. The summed E-state index contributed by atoms with van der Waals surface area (Å²) in [6, 6.07) is 0. The van der Waals surface area contributed by atoms with Crippen molar-refractivity contribution in [1.82, 2.24) is 0 Å². The van der Waals surface area contributed by atoms with Crippen molar-refractivity contribution < 1.29 is 9.59 Å². The predicted octanol–water partition coefficient (Wildman–Crippen LogP) is 2.12. The summed E-state index contributed by atoms with van der Waals surface area (Å²) in [6.07, 6.45) is -0.103. The van der Waals surface area contributed by atoms with Crippen molar-refractivity contribution >= 4 is 58.0 Å². The number of hydrogen-bond acceptors (Lipinski definition) is 2. The lowest BCUT2D eigenvalue weighted by molar-refractivity contribution is -0.135. The van der Waals surface area contributed by atoms with Gasteiger partial charge in [0.2, 0.25) is 11.6 Å². The topological polar surface area (TPSA) is 34.1 Å². The van der Waals surface area contributed by atoms with Crippen LogP contribution in [0.5, 0.6) is 0 Å². The first-order valence-electron chi connectivity index (χ1n) is 2.60. The lowest BCUT2D eigenvalue weighted by Gasteiger charge is -2.06. The van der Waals surface area contributed by atoms with Crippen molar-refractivity contribution in [3.8, 4) is 0 Å². The molecule has 0 heterocycles. The minimum atomic E-state index is -2.15. The van der Waals surface area contributed by atoms with Crippen LogP contribution in [-0.2, 0) is 9.59 Å². The summed E-state index contributed by atoms with van der Waals surface area (Å²) in [4.78, 5) is 21.5. The highest BCUT2D eigenvalue weighted by Gasteiger charge is 2.35. The first kappa shape index (κ1) is 11.5. The van der Waals surface area contributed by atoms with Gasteiger partial charge in [-0.15, -0.1) is 11.6 Å². The summed E-state index contributed by atoms with van der Waals surface area (Å²) in [7, 11) is 0. The molecule has 0 radical (unpaired) electrons. The van der Waals surface area contributed by atoms with Crippen molar-refractivity contribution in [2.24, 2.45) is 0 Å². The zero-order valence-electron chi connectivity index (χ0n) is 5.24. The first-order chi connectivity index (χ1) is 4.89. The van der Waals surface area contributed by atoms with Gasteiger partial charge in [0, 0.05) is 12.3 Å². The molecule has 0 aromatic heterocycles. The molecule has 0 aliphatic rings. The molecule has 0 N–H and O–H groups in total. The minimum Gasteiger partial charge on any atom is -0.291 e. The number of hydrogen-bond donors (Lipinski definition) is 0. The van der Waals surface area contributed by atoms with Crippen LogP contribution in [0.2, 0.25) is 0 Å². The lowest BCUT2D eigenvalue weighted by Crippen LogP contribution is -2.28. The number of carbonyl (C=O) groups is 2. The molecule has 0 unspecified atom stereocenters. The van der Waals surface area contributed by atoms with Gasteiger partial charge >= 0.3 is 0 Å². The minimum absolute atomic E-state index is 0.0469. The van der Waals surface area contributed by atoms with Gasteiger partial charge in [0.25, 0.3) is 3.79 Å². The molecule has 0 amide bonds. The van der Waals surface area contributed by atoms with Crippen molar-refractivity contribution in [2.45, 2.75) is 10.2 Å². The zero-order chi connectivity index (χ0) is 9.07. The van der Waals surface area contributed by atoms with Crippen LogP contribution in [-0.4, -0.2) is 21.2 Å². The molecule has 0 fully saturated rings. The summed E-state index contributed by atoms with van der Waals surface area (Å²) >= 11 is 20.6. The van der Waals surface area contributed by atoms with Crippen LogP contribution in [0.25, 0.3) is 0 Å². The van der Waals surface area contributed by atoms with Gasteiger partial charge in [-0.25, -0.2) is 0 Å². The monoisotopic (exact) mass is 236 g/mol. The fourth-order valence-corrected chi connectivity index (χ4v) is 0.845. The quantitative estimate of drug-likeness (QED) is 0.557. The molecule has 0 aromatic carbocycles. The molecule has 0 aliphatic carbocycles. The van der Waals surface area contributed by atoms with Crippen LogP contribution < -0.4 is 0 Å². The molecule has 0 aliphatic heterocycles. The number of ketones is 2. The molecule has 2 nitrogen and oxygen atoms in total. The molecule has 0 bridgehead atoms. The van der Waals surface area contributed by atoms with Crippen LogP contribution in [0.4, 0.5) is 0 Å². The standard InChI is InChI=1S/C5H4Cl4O2/c6-2-1-3(10)4(11)5(7,8)9/h1-2H2. The molecule has 64 valence electrons. The van der Waals surface area contributed by atoms with Crippen molar-refractivity contribution in [3.63, 3.8) is 0 Å². The summed E-state index contributed by atoms with van der Waals surface area (Å²) in [6.45, 7) is 0. The molecule has 0 spiro atoms. The van der Waals surface area contributed by atoms with Crippen LogP contribution in [0, 0.1) is 0 Å². The maximum atomic E-state index is 10.8. The molecule has 0 saturated carbocycles. The van der Waals surface area contributed by atoms with Gasteiger partial charge in [-0.2, -0.15) is 0 Å². The van der Waals surface area contributed by atoms with Crippen molar-refractivity contribution in [1.29, 1.82) is 0 Å². The molecule has 0 rings (SSSR count). The smallest absolute Gasteiger partial charge is 0.256 e. The van der Waals surface area contributed by atoms with E-state index in [1.54, 1.807) is 0 Å². The van der Waals surface area contributed by atoms with E-state index in [-0.39, 0.29) is 12.3 Å². The third kappa shape index (κ3) is 4.16. The first-order valence-corrected chi connectivity index (χ1v) is 4.26. The Labute approximate surface area is 83.7 Å². The third-order valence-electron chi connectivity index (χ3n) is 0.832. The van der Waals surface area contributed by atoms with Gasteiger partial charge < -0.3 is 0 Å².